The molecule has 1 unspecified atom stereocenters. The Morgan fingerprint density at radius 1 is 1.48 bits per heavy atom. The van der Waals surface area contributed by atoms with Crippen molar-refractivity contribution in [3.63, 3.8) is 0 Å². The van der Waals surface area contributed by atoms with Crippen LogP contribution in [0, 0.1) is 6.92 Å². The summed E-state index contributed by atoms with van der Waals surface area (Å²) in [4.78, 5) is 10.2. The van der Waals surface area contributed by atoms with Crippen molar-refractivity contribution in [3.05, 3.63) is 33.0 Å². The molecule has 1 N–H and O–H groups in total. The van der Waals surface area contributed by atoms with Gasteiger partial charge >= 0.3 is 0 Å². The van der Waals surface area contributed by atoms with Gasteiger partial charge in [-0.2, -0.15) is 0 Å². The average Bonchev–Trinajstić information content (AvgIpc) is 3.02. The molecule has 21 heavy (non-hydrogen) atoms. The fraction of sp³-hybridized carbons (Fsp3) is 0.562. The summed E-state index contributed by atoms with van der Waals surface area (Å²) in [5.41, 5.74) is 1.18. The van der Waals surface area contributed by atoms with E-state index in [0.29, 0.717) is 12.1 Å². The van der Waals surface area contributed by atoms with Crippen LogP contribution < -0.4 is 10.2 Å². The highest BCUT2D eigenvalue weighted by atomic mass is 32.1. The van der Waals surface area contributed by atoms with Crippen LogP contribution >= 0.6 is 22.7 Å². The molecule has 2 heterocycles. The molecular formula is C16H23N3S2. The van der Waals surface area contributed by atoms with Crippen molar-refractivity contribution < 1.29 is 0 Å². The summed E-state index contributed by atoms with van der Waals surface area (Å²) in [5.74, 6) is 0. The van der Waals surface area contributed by atoms with E-state index >= 15 is 0 Å². The molecule has 0 aliphatic heterocycles. The zero-order valence-electron chi connectivity index (χ0n) is 12.9. The smallest absolute Gasteiger partial charge is 0.186 e. The van der Waals surface area contributed by atoms with Crippen LogP contribution in [0.3, 0.4) is 0 Å². The van der Waals surface area contributed by atoms with Gasteiger partial charge in [-0.1, -0.05) is 24.3 Å². The lowest BCUT2D eigenvalue weighted by Crippen LogP contribution is -2.24. The van der Waals surface area contributed by atoms with Gasteiger partial charge in [0.25, 0.3) is 0 Å². The summed E-state index contributed by atoms with van der Waals surface area (Å²) in [6, 6.07) is 5.45. The van der Waals surface area contributed by atoms with Crippen molar-refractivity contribution in [2.75, 3.05) is 11.4 Å². The number of nitrogens with one attached hydrogen (secondary N) is 1. The third-order valence-electron chi connectivity index (χ3n) is 3.86. The van der Waals surface area contributed by atoms with E-state index in [1.807, 2.05) is 22.7 Å². The van der Waals surface area contributed by atoms with Gasteiger partial charge in [-0.05, 0) is 44.7 Å². The number of aromatic nitrogens is 1. The molecule has 0 saturated heterocycles. The highest BCUT2D eigenvalue weighted by Crippen LogP contribution is 2.38. The first-order valence-corrected chi connectivity index (χ1v) is 9.38. The lowest BCUT2D eigenvalue weighted by Gasteiger charge is -2.20. The molecule has 1 saturated carbocycles. The van der Waals surface area contributed by atoms with Gasteiger partial charge < -0.3 is 10.2 Å². The highest BCUT2D eigenvalue weighted by Gasteiger charge is 2.32. The molecule has 0 bridgehead atoms. The van der Waals surface area contributed by atoms with E-state index in [0.717, 1.165) is 13.1 Å². The SMILES string of the molecule is CCNC(C)c1sc(N(Cc2cccs2)C2CC2)nc1C. The zero-order valence-corrected chi connectivity index (χ0v) is 14.6. The van der Waals surface area contributed by atoms with E-state index in [1.165, 1.54) is 33.4 Å². The minimum Gasteiger partial charge on any atom is -0.340 e. The molecule has 0 amide bonds. The van der Waals surface area contributed by atoms with E-state index in [4.69, 9.17) is 4.98 Å². The van der Waals surface area contributed by atoms with Gasteiger partial charge in [-0.3, -0.25) is 0 Å². The van der Waals surface area contributed by atoms with Crippen molar-refractivity contribution in [3.8, 4) is 0 Å². The van der Waals surface area contributed by atoms with Gasteiger partial charge in [-0.25, -0.2) is 4.98 Å². The van der Waals surface area contributed by atoms with Crippen LogP contribution in [0.4, 0.5) is 5.13 Å². The molecule has 3 nitrogen and oxygen atoms in total. The van der Waals surface area contributed by atoms with E-state index in [-0.39, 0.29) is 0 Å². The highest BCUT2D eigenvalue weighted by molar-refractivity contribution is 7.15. The molecular weight excluding hydrogens is 298 g/mol. The molecule has 114 valence electrons. The number of hydrogen-bond donors (Lipinski definition) is 1. The number of rotatable bonds is 7. The minimum atomic E-state index is 0.393. The van der Waals surface area contributed by atoms with Crippen molar-refractivity contribution in [1.82, 2.24) is 10.3 Å². The van der Waals surface area contributed by atoms with Crippen molar-refractivity contribution >= 4 is 27.8 Å². The lowest BCUT2D eigenvalue weighted by molar-refractivity contribution is 0.603. The molecule has 1 aliphatic carbocycles. The van der Waals surface area contributed by atoms with E-state index in [9.17, 15) is 0 Å². The summed E-state index contributed by atoms with van der Waals surface area (Å²) in [6.07, 6.45) is 2.62. The predicted molar refractivity (Wildman–Crippen MR) is 92.5 cm³/mol. The van der Waals surface area contributed by atoms with Gasteiger partial charge in [0.15, 0.2) is 5.13 Å². The third kappa shape index (κ3) is 3.47. The standard InChI is InChI=1S/C16H23N3S2/c1-4-17-11(2)15-12(3)18-16(21-15)19(13-7-8-13)10-14-6-5-9-20-14/h5-6,9,11,13,17H,4,7-8,10H2,1-3H3. The second-order valence-electron chi connectivity index (χ2n) is 5.66. The van der Waals surface area contributed by atoms with Gasteiger partial charge in [0.2, 0.25) is 0 Å². The van der Waals surface area contributed by atoms with Gasteiger partial charge in [-0.15, -0.1) is 11.3 Å². The first-order valence-electron chi connectivity index (χ1n) is 7.68. The van der Waals surface area contributed by atoms with Crippen LogP contribution in [-0.2, 0) is 6.54 Å². The Labute approximate surface area is 135 Å². The normalized spacial score (nSPS) is 16.1. The van der Waals surface area contributed by atoms with Crippen LogP contribution in [0.15, 0.2) is 17.5 Å². The van der Waals surface area contributed by atoms with Gasteiger partial charge in [0, 0.05) is 21.8 Å². The Morgan fingerprint density at radius 2 is 2.29 bits per heavy atom. The lowest BCUT2D eigenvalue weighted by atomic mass is 10.2. The molecule has 2 aromatic heterocycles. The Hall–Kier alpha value is -0.910. The van der Waals surface area contributed by atoms with Crippen molar-refractivity contribution in [1.29, 1.82) is 0 Å². The molecule has 5 heteroatoms. The fourth-order valence-corrected chi connectivity index (χ4v) is 4.49. The van der Waals surface area contributed by atoms with Crippen LogP contribution in [0.2, 0.25) is 0 Å². The molecule has 0 aromatic carbocycles. The van der Waals surface area contributed by atoms with Crippen molar-refractivity contribution in [2.24, 2.45) is 0 Å². The topological polar surface area (TPSA) is 28.2 Å². The Bertz CT molecular complexity index is 572. The molecule has 3 rings (SSSR count). The number of hydrogen-bond acceptors (Lipinski definition) is 5. The molecule has 0 spiro atoms. The predicted octanol–water partition coefficient (Wildman–Crippen LogP) is 4.35. The molecule has 1 aliphatic rings. The Balaban J connectivity index is 1.81. The van der Waals surface area contributed by atoms with Crippen LogP contribution in [0.25, 0.3) is 0 Å². The Morgan fingerprint density at radius 3 is 2.90 bits per heavy atom. The number of thiophene rings is 1. The largest absolute Gasteiger partial charge is 0.340 e. The second-order valence-corrected chi connectivity index (χ2v) is 7.71. The first-order chi connectivity index (χ1) is 10.2. The van der Waals surface area contributed by atoms with Crippen LogP contribution in [-0.4, -0.2) is 17.6 Å². The average molecular weight is 322 g/mol. The summed E-state index contributed by atoms with van der Waals surface area (Å²) in [7, 11) is 0. The Kier molecular flexibility index (Phi) is 4.62. The number of nitrogens with zero attached hydrogens (tertiary/aromatic N) is 2. The van der Waals surface area contributed by atoms with E-state index in [2.05, 4.69) is 48.5 Å². The van der Waals surface area contributed by atoms with E-state index < -0.39 is 0 Å². The number of thiazole rings is 1. The van der Waals surface area contributed by atoms with Crippen LogP contribution in [0.1, 0.15) is 48.2 Å². The quantitative estimate of drug-likeness (QED) is 0.821. The maximum absolute atomic E-state index is 4.87. The molecule has 1 fully saturated rings. The molecule has 1 atom stereocenters. The zero-order chi connectivity index (χ0) is 14.8. The molecule has 2 aromatic rings. The van der Waals surface area contributed by atoms with Crippen molar-refractivity contribution in [2.45, 2.75) is 52.2 Å². The fourth-order valence-electron chi connectivity index (χ4n) is 2.63. The summed E-state index contributed by atoms with van der Waals surface area (Å²) in [5, 5.41) is 6.86. The van der Waals surface area contributed by atoms with Gasteiger partial charge in [0.05, 0.1) is 12.2 Å². The maximum atomic E-state index is 4.87. The molecule has 0 radical (unpaired) electrons. The van der Waals surface area contributed by atoms with Gasteiger partial charge in [0.1, 0.15) is 0 Å². The monoisotopic (exact) mass is 321 g/mol. The first kappa shape index (κ1) is 15.0. The summed E-state index contributed by atoms with van der Waals surface area (Å²) < 4.78 is 0. The third-order valence-corrected chi connectivity index (χ3v) is 6.10. The maximum Gasteiger partial charge on any atom is 0.186 e. The number of anilines is 1. The summed E-state index contributed by atoms with van der Waals surface area (Å²) in [6.45, 7) is 8.52. The number of aryl methyl sites for hydroxylation is 1. The van der Waals surface area contributed by atoms with E-state index in [1.54, 1.807) is 0 Å². The van der Waals surface area contributed by atoms with Crippen LogP contribution in [0.5, 0.6) is 0 Å². The summed E-state index contributed by atoms with van der Waals surface area (Å²) >= 11 is 3.70. The second kappa shape index (κ2) is 6.46. The minimum absolute atomic E-state index is 0.393.